The molecule has 0 saturated carbocycles. The molecule has 0 unspecified atom stereocenters. The number of ether oxygens (including phenoxy) is 3. The molecular weight excluding hydrogens is 306 g/mol. The molecule has 0 aromatic carbocycles. The van der Waals surface area contributed by atoms with E-state index in [1.165, 1.54) is 25.7 Å². The summed E-state index contributed by atoms with van der Waals surface area (Å²) in [7, 11) is 0. The Bertz CT molecular complexity index is 335. The Hall–Kier alpha value is -0.810. The molecule has 0 bridgehead atoms. The van der Waals surface area contributed by atoms with Crippen LogP contribution in [-0.4, -0.2) is 55.6 Å². The molecular formula is C19H37NO4. The molecule has 1 saturated heterocycles. The predicted octanol–water partition coefficient (Wildman–Crippen LogP) is 4.39. The van der Waals surface area contributed by atoms with E-state index in [2.05, 4.69) is 6.92 Å². The molecule has 1 aliphatic rings. The van der Waals surface area contributed by atoms with Gasteiger partial charge in [0.15, 0.2) is 0 Å². The third kappa shape index (κ3) is 10.1. The van der Waals surface area contributed by atoms with Gasteiger partial charge in [0, 0.05) is 19.8 Å². The van der Waals surface area contributed by atoms with Gasteiger partial charge in [-0.3, -0.25) is 0 Å². The maximum Gasteiger partial charge on any atom is 0.410 e. The number of amides is 1. The maximum absolute atomic E-state index is 11.8. The van der Waals surface area contributed by atoms with Gasteiger partial charge in [0.25, 0.3) is 0 Å². The number of hydrogen-bond donors (Lipinski definition) is 0. The second-order valence-electron chi connectivity index (χ2n) is 7.61. The number of unbranched alkanes of at least 4 members (excludes halogenated alkanes) is 5. The van der Waals surface area contributed by atoms with E-state index < -0.39 is 5.60 Å². The van der Waals surface area contributed by atoms with Crippen molar-refractivity contribution in [1.29, 1.82) is 0 Å². The van der Waals surface area contributed by atoms with Crippen molar-refractivity contribution < 1.29 is 19.0 Å². The monoisotopic (exact) mass is 343 g/mol. The second-order valence-corrected chi connectivity index (χ2v) is 7.61. The lowest BCUT2D eigenvalue weighted by Crippen LogP contribution is -2.55. The van der Waals surface area contributed by atoms with Crippen LogP contribution in [-0.2, 0) is 14.2 Å². The average molecular weight is 344 g/mol. The lowest BCUT2D eigenvalue weighted by Gasteiger charge is -2.39. The minimum atomic E-state index is -0.429. The number of hydrogen-bond acceptors (Lipinski definition) is 4. The Kier molecular flexibility index (Phi) is 10.3. The van der Waals surface area contributed by atoms with Crippen LogP contribution in [0.2, 0.25) is 0 Å². The fraction of sp³-hybridized carbons (Fsp3) is 0.947. The van der Waals surface area contributed by atoms with Crippen LogP contribution in [0.15, 0.2) is 0 Å². The minimum Gasteiger partial charge on any atom is -0.444 e. The quantitative estimate of drug-likeness (QED) is 0.493. The Morgan fingerprint density at radius 3 is 2.12 bits per heavy atom. The smallest absolute Gasteiger partial charge is 0.410 e. The van der Waals surface area contributed by atoms with E-state index in [0.717, 1.165) is 39.1 Å². The molecule has 24 heavy (non-hydrogen) atoms. The highest BCUT2D eigenvalue weighted by Crippen LogP contribution is 2.17. The van der Waals surface area contributed by atoms with Crippen molar-refractivity contribution in [3.63, 3.8) is 0 Å². The molecule has 0 aliphatic carbocycles. The number of rotatable bonds is 12. The van der Waals surface area contributed by atoms with Crippen molar-refractivity contribution in [3.05, 3.63) is 0 Å². The Morgan fingerprint density at radius 2 is 1.54 bits per heavy atom. The summed E-state index contributed by atoms with van der Waals surface area (Å²) in [6.07, 6.45) is 8.29. The molecule has 1 heterocycles. The molecule has 0 N–H and O–H groups in total. The molecule has 1 aliphatic heterocycles. The van der Waals surface area contributed by atoms with Crippen molar-refractivity contribution in [2.45, 2.75) is 84.3 Å². The highest BCUT2D eigenvalue weighted by Gasteiger charge is 2.34. The molecule has 1 rings (SSSR count). The van der Waals surface area contributed by atoms with E-state index >= 15 is 0 Å². The highest BCUT2D eigenvalue weighted by atomic mass is 16.6. The van der Waals surface area contributed by atoms with Crippen LogP contribution in [0.5, 0.6) is 0 Å². The van der Waals surface area contributed by atoms with Crippen molar-refractivity contribution >= 4 is 6.09 Å². The van der Waals surface area contributed by atoms with Crippen LogP contribution in [0.4, 0.5) is 4.79 Å². The molecule has 142 valence electrons. The summed E-state index contributed by atoms with van der Waals surface area (Å²) in [4.78, 5) is 13.5. The third-order valence-electron chi connectivity index (χ3n) is 3.93. The summed E-state index contributed by atoms with van der Waals surface area (Å²) in [5, 5.41) is 0. The van der Waals surface area contributed by atoms with Crippen LogP contribution in [0, 0.1) is 0 Å². The summed E-state index contributed by atoms with van der Waals surface area (Å²) in [5.74, 6) is 0. The molecule has 5 heteroatoms. The van der Waals surface area contributed by atoms with Gasteiger partial charge in [-0.15, -0.1) is 0 Å². The van der Waals surface area contributed by atoms with E-state index in [9.17, 15) is 4.79 Å². The summed E-state index contributed by atoms with van der Waals surface area (Å²) >= 11 is 0. The summed E-state index contributed by atoms with van der Waals surface area (Å²) in [5.41, 5.74) is -0.429. The first-order chi connectivity index (χ1) is 11.4. The zero-order chi connectivity index (χ0) is 17.8. The van der Waals surface area contributed by atoms with E-state index in [-0.39, 0.29) is 12.2 Å². The van der Waals surface area contributed by atoms with Crippen LogP contribution in [0.1, 0.15) is 72.6 Å². The van der Waals surface area contributed by atoms with Crippen LogP contribution in [0.3, 0.4) is 0 Å². The second kappa shape index (κ2) is 11.7. The van der Waals surface area contributed by atoms with Crippen molar-refractivity contribution in [2.75, 3.05) is 32.9 Å². The van der Waals surface area contributed by atoms with Crippen LogP contribution >= 0.6 is 0 Å². The number of carbonyl (C=O) groups excluding carboxylic acids is 1. The van der Waals surface area contributed by atoms with Gasteiger partial charge in [-0.25, -0.2) is 4.79 Å². The highest BCUT2D eigenvalue weighted by molar-refractivity contribution is 5.69. The summed E-state index contributed by atoms with van der Waals surface area (Å²) in [6, 6.07) is 0. The number of nitrogens with zero attached hydrogens (tertiary/aromatic N) is 1. The molecule has 1 amide bonds. The van der Waals surface area contributed by atoms with Crippen molar-refractivity contribution in [2.24, 2.45) is 0 Å². The number of likely N-dealkylation sites (tertiary alicyclic amines) is 1. The van der Waals surface area contributed by atoms with Gasteiger partial charge in [0.2, 0.25) is 0 Å². The number of carbonyl (C=O) groups is 1. The zero-order valence-corrected chi connectivity index (χ0v) is 16.1. The largest absolute Gasteiger partial charge is 0.444 e. The maximum atomic E-state index is 11.8. The van der Waals surface area contributed by atoms with E-state index in [1.807, 2.05) is 20.8 Å². The molecule has 0 radical (unpaired) electrons. The zero-order valence-electron chi connectivity index (χ0n) is 16.1. The van der Waals surface area contributed by atoms with Crippen molar-refractivity contribution in [3.8, 4) is 0 Å². The molecule has 0 spiro atoms. The van der Waals surface area contributed by atoms with Gasteiger partial charge in [-0.05, 0) is 46.5 Å². The van der Waals surface area contributed by atoms with Gasteiger partial charge in [0.1, 0.15) is 5.60 Å². The topological polar surface area (TPSA) is 48.0 Å². The average Bonchev–Trinajstić information content (AvgIpc) is 2.44. The standard InChI is InChI=1S/C19H37NO4/c1-5-6-7-9-12-22-13-10-8-11-14-23-17-15-20(16-17)18(21)24-19(2,3)4/h17H,5-16H2,1-4H3. The van der Waals surface area contributed by atoms with Gasteiger partial charge in [-0.1, -0.05) is 26.2 Å². The first kappa shape index (κ1) is 21.2. The molecule has 0 aromatic rings. The lowest BCUT2D eigenvalue weighted by molar-refractivity contribution is -0.0638. The first-order valence-electron chi connectivity index (χ1n) is 9.59. The van der Waals surface area contributed by atoms with Crippen LogP contribution in [0.25, 0.3) is 0 Å². The van der Waals surface area contributed by atoms with E-state index in [0.29, 0.717) is 13.1 Å². The predicted molar refractivity (Wildman–Crippen MR) is 96.4 cm³/mol. The van der Waals surface area contributed by atoms with Gasteiger partial charge < -0.3 is 19.1 Å². The van der Waals surface area contributed by atoms with Gasteiger partial charge >= 0.3 is 6.09 Å². The third-order valence-corrected chi connectivity index (χ3v) is 3.93. The fourth-order valence-corrected chi connectivity index (χ4v) is 2.49. The van der Waals surface area contributed by atoms with Gasteiger partial charge in [0.05, 0.1) is 19.2 Å². The van der Waals surface area contributed by atoms with Gasteiger partial charge in [-0.2, -0.15) is 0 Å². The Labute approximate surface area is 148 Å². The Balaban J connectivity index is 1.84. The van der Waals surface area contributed by atoms with E-state index in [4.69, 9.17) is 14.2 Å². The molecule has 0 atom stereocenters. The van der Waals surface area contributed by atoms with Crippen molar-refractivity contribution in [1.82, 2.24) is 4.90 Å². The molecule has 1 fully saturated rings. The SMILES string of the molecule is CCCCCCOCCCCCOC1CN(C(=O)OC(C)(C)C)C1. The normalized spacial score (nSPS) is 15.4. The molecule has 5 nitrogen and oxygen atoms in total. The van der Waals surface area contributed by atoms with Crippen LogP contribution < -0.4 is 0 Å². The van der Waals surface area contributed by atoms with E-state index in [1.54, 1.807) is 4.90 Å². The summed E-state index contributed by atoms with van der Waals surface area (Å²) < 4.78 is 16.7. The Morgan fingerprint density at radius 1 is 0.958 bits per heavy atom. The molecule has 0 aromatic heterocycles. The summed E-state index contributed by atoms with van der Waals surface area (Å²) in [6.45, 7) is 11.7. The minimum absolute atomic E-state index is 0.173. The first-order valence-corrected chi connectivity index (χ1v) is 9.59. The lowest BCUT2D eigenvalue weighted by atomic mass is 10.1. The fourth-order valence-electron chi connectivity index (χ4n) is 2.49.